The van der Waals surface area contributed by atoms with E-state index in [1.165, 1.54) is 9.21 Å². The van der Waals surface area contributed by atoms with Gasteiger partial charge in [0.1, 0.15) is 23.9 Å². The Kier molecular flexibility index (Phi) is 16.3. The van der Waals surface area contributed by atoms with Gasteiger partial charge in [0.25, 0.3) is 5.91 Å². The Morgan fingerprint density at radius 2 is 1.74 bits per heavy atom. The number of nitrogens with one attached hydrogen (secondary N) is 3. The van der Waals surface area contributed by atoms with Crippen molar-refractivity contribution in [2.45, 2.75) is 88.6 Å². The first-order valence-corrected chi connectivity index (χ1v) is 26.5. The van der Waals surface area contributed by atoms with Crippen LogP contribution in [0.5, 0.6) is 5.75 Å². The lowest BCUT2D eigenvalue weighted by atomic mass is 9.85. The summed E-state index contributed by atoms with van der Waals surface area (Å²) in [5.41, 5.74) is 3.16. The van der Waals surface area contributed by atoms with Crippen LogP contribution in [-0.2, 0) is 46.2 Å². The molecule has 4 aliphatic heterocycles. The van der Waals surface area contributed by atoms with E-state index in [-0.39, 0.29) is 84.3 Å². The molecule has 8 rings (SSSR count). The van der Waals surface area contributed by atoms with E-state index in [0.29, 0.717) is 77.4 Å². The Morgan fingerprint density at radius 3 is 2.47 bits per heavy atom. The van der Waals surface area contributed by atoms with E-state index in [1.807, 2.05) is 24.8 Å². The normalized spacial score (nSPS) is 20.2. The number of sulfonamides is 1. The predicted octanol–water partition coefficient (Wildman–Crippen LogP) is 5.56. The highest BCUT2D eigenvalue weighted by molar-refractivity contribution is 7.88. The number of aromatic carboxylic acids is 1. The first-order chi connectivity index (χ1) is 34.8. The Morgan fingerprint density at radius 1 is 0.986 bits per heavy atom. The number of rotatable bonds is 19. The molecule has 3 saturated heterocycles. The number of carbonyl (C=O) groups is 6. The Hall–Kier alpha value is -6.27. The molecular weight excluding hydrogens is 1010 g/mol. The van der Waals surface area contributed by atoms with Crippen LogP contribution in [0.2, 0.25) is 5.02 Å². The molecule has 0 spiro atoms. The van der Waals surface area contributed by atoms with Gasteiger partial charge in [-0.05, 0) is 99.4 Å². The van der Waals surface area contributed by atoms with Crippen LogP contribution in [0.3, 0.4) is 0 Å². The number of piperidine rings is 3. The summed E-state index contributed by atoms with van der Waals surface area (Å²) in [4.78, 5) is 81.6. The lowest BCUT2D eigenvalue weighted by molar-refractivity contribution is -0.139. The largest absolute Gasteiger partial charge is 0.479 e. The highest BCUT2D eigenvalue weighted by Gasteiger charge is 2.42. The number of aliphatic imine (C=N–C) groups is 1. The molecule has 4 aliphatic rings. The number of imide groups is 1. The monoisotopic (exact) mass is 1060 g/mol. The number of carboxylic acids is 2. The standard InChI is InChI=1S/C50H56ClN7O13S2/c1-50(2)22-30(23-52-32-8-4-7-31(21-32)45-43(51)44(71-27-42(62)63)46(72-45)49(66)67)14-19-58(50)73(68,69)28-29-6-3-9-33(20-29)54-40(60)26-70-34-15-17-56(18-16-34)41(61)24-53-37-11-5-10-35-36(37)25-57(48(35)65)38-12-13-39(59)55-47(38)64/h3-11,20-21,23,30,34,38,41,53,61H,12-19,22,24-28H2,1-2H3,(H,54,60)(H,62,63)(H,66,67)(H,55,59,64)/b52-23+. The molecular formula is C50H56ClN7O13S2. The summed E-state index contributed by atoms with van der Waals surface area (Å²) in [5.74, 6) is -4.65. The number of benzene rings is 3. The van der Waals surface area contributed by atoms with Crippen molar-refractivity contribution in [3.63, 3.8) is 0 Å². The molecule has 0 bridgehead atoms. The molecule has 4 amide bonds. The van der Waals surface area contributed by atoms with Crippen LogP contribution in [0, 0.1) is 5.92 Å². The van der Waals surface area contributed by atoms with Gasteiger partial charge in [-0.1, -0.05) is 41.9 Å². The van der Waals surface area contributed by atoms with Crippen molar-refractivity contribution in [2.24, 2.45) is 10.9 Å². The highest BCUT2D eigenvalue weighted by Crippen LogP contribution is 2.46. The molecule has 3 aromatic carbocycles. The van der Waals surface area contributed by atoms with Gasteiger partial charge in [-0.2, -0.15) is 4.31 Å². The highest BCUT2D eigenvalue weighted by atomic mass is 35.5. The second-order valence-corrected chi connectivity index (χ2v) is 22.3. The number of thiophene rings is 1. The first-order valence-electron chi connectivity index (χ1n) is 23.7. The van der Waals surface area contributed by atoms with Gasteiger partial charge in [-0.15, -0.1) is 11.3 Å². The molecule has 4 aromatic rings. The number of hydrogen-bond donors (Lipinski definition) is 6. The van der Waals surface area contributed by atoms with Crippen molar-refractivity contribution in [2.75, 3.05) is 50.0 Å². The first kappa shape index (κ1) is 53.0. The molecule has 23 heteroatoms. The third-order valence-electron chi connectivity index (χ3n) is 13.3. The summed E-state index contributed by atoms with van der Waals surface area (Å²) >= 11 is 7.35. The van der Waals surface area contributed by atoms with E-state index < -0.39 is 58.2 Å². The fraction of sp³-hybridized carbons (Fsp3) is 0.420. The fourth-order valence-corrected chi connectivity index (χ4v) is 13.2. The van der Waals surface area contributed by atoms with Crippen molar-refractivity contribution in [1.82, 2.24) is 19.4 Å². The zero-order valence-corrected chi connectivity index (χ0v) is 42.4. The summed E-state index contributed by atoms with van der Waals surface area (Å²) in [6, 6.07) is 18.2. The van der Waals surface area contributed by atoms with E-state index in [0.717, 1.165) is 16.9 Å². The maximum absolute atomic E-state index is 14.0. The van der Waals surface area contributed by atoms with Crippen LogP contribution in [0.1, 0.15) is 83.5 Å². The van der Waals surface area contributed by atoms with Crippen LogP contribution < -0.4 is 20.7 Å². The maximum Gasteiger partial charge on any atom is 0.349 e. The third kappa shape index (κ3) is 12.6. The molecule has 5 heterocycles. The smallest absolute Gasteiger partial charge is 0.349 e. The minimum Gasteiger partial charge on any atom is -0.479 e. The number of ether oxygens (including phenoxy) is 2. The Bertz CT molecular complexity index is 2940. The van der Waals surface area contributed by atoms with E-state index in [1.54, 1.807) is 66.9 Å². The van der Waals surface area contributed by atoms with Gasteiger partial charge in [-0.3, -0.25) is 34.4 Å². The zero-order chi connectivity index (χ0) is 52.2. The van der Waals surface area contributed by atoms with E-state index in [4.69, 9.17) is 26.2 Å². The molecule has 3 atom stereocenters. The summed E-state index contributed by atoms with van der Waals surface area (Å²) in [5, 5.41) is 38.2. The summed E-state index contributed by atoms with van der Waals surface area (Å²) in [6.07, 6.45) is 3.29. The summed E-state index contributed by atoms with van der Waals surface area (Å²) in [7, 11) is -3.81. The molecule has 73 heavy (non-hydrogen) atoms. The SMILES string of the molecule is CC1(C)CC(/C=N/c2cccc(-c3sc(C(=O)O)c(OCC(=O)O)c3Cl)c2)CCN1S(=O)(=O)Cc1cccc(NC(=O)COC2CCN(C(O)CNc3cccc4c3CN(C3CCC(=O)NC3=O)C4=O)CC2)c1. The van der Waals surface area contributed by atoms with Gasteiger partial charge in [0.2, 0.25) is 27.7 Å². The minimum atomic E-state index is -3.81. The number of aliphatic carboxylic acids is 1. The maximum atomic E-state index is 14.0. The fourth-order valence-electron chi connectivity index (χ4n) is 9.82. The lowest BCUT2D eigenvalue weighted by Crippen LogP contribution is -2.53. The number of carbonyl (C=O) groups excluding carboxylic acids is 4. The number of hydrogen-bond acceptors (Lipinski definition) is 15. The minimum absolute atomic E-state index is 0.0173. The molecule has 3 unspecified atom stereocenters. The van der Waals surface area contributed by atoms with E-state index in [9.17, 15) is 47.4 Å². The zero-order valence-electron chi connectivity index (χ0n) is 40.0. The Labute approximate surface area is 430 Å². The number of carboxylic acid groups (broad SMARTS) is 2. The molecule has 1 aromatic heterocycles. The second kappa shape index (κ2) is 22.5. The Balaban J connectivity index is 0.775. The van der Waals surface area contributed by atoms with Gasteiger partial charge in [-0.25, -0.2) is 18.0 Å². The number of aliphatic hydroxyl groups is 1. The second-order valence-electron chi connectivity index (χ2n) is 19.0. The van der Waals surface area contributed by atoms with Crippen molar-refractivity contribution in [1.29, 1.82) is 0 Å². The van der Waals surface area contributed by atoms with Crippen LogP contribution in [-0.4, -0.2) is 143 Å². The number of nitrogens with zero attached hydrogens (tertiary/aromatic N) is 4. The van der Waals surface area contributed by atoms with Crippen LogP contribution in [0.25, 0.3) is 10.4 Å². The van der Waals surface area contributed by atoms with Crippen molar-refractivity contribution < 1.29 is 62.0 Å². The average molecular weight is 1060 g/mol. The predicted molar refractivity (Wildman–Crippen MR) is 272 cm³/mol. The van der Waals surface area contributed by atoms with Crippen molar-refractivity contribution >= 4 is 91.8 Å². The van der Waals surface area contributed by atoms with E-state index in [2.05, 4.69) is 20.9 Å². The van der Waals surface area contributed by atoms with Crippen LogP contribution >= 0.6 is 22.9 Å². The molecule has 20 nitrogen and oxygen atoms in total. The number of halogens is 1. The van der Waals surface area contributed by atoms with Crippen molar-refractivity contribution in [3.8, 4) is 16.2 Å². The number of amides is 4. The number of likely N-dealkylation sites (tertiary alicyclic amines) is 1. The average Bonchev–Trinajstić information content (AvgIpc) is 3.86. The lowest BCUT2D eigenvalue weighted by Gasteiger charge is -2.43. The topological polar surface area (TPSA) is 274 Å². The molecule has 0 saturated carbocycles. The van der Waals surface area contributed by atoms with Gasteiger partial charge in [0.15, 0.2) is 17.2 Å². The van der Waals surface area contributed by atoms with Crippen LogP contribution in [0.4, 0.5) is 17.1 Å². The number of anilines is 2. The van der Waals surface area contributed by atoms with Gasteiger partial charge < -0.3 is 40.3 Å². The summed E-state index contributed by atoms with van der Waals surface area (Å²) in [6.45, 7) is 4.44. The van der Waals surface area contributed by atoms with Gasteiger partial charge >= 0.3 is 11.9 Å². The molecule has 3 fully saturated rings. The molecule has 0 aliphatic carbocycles. The van der Waals surface area contributed by atoms with Gasteiger partial charge in [0.05, 0.1) is 29.0 Å². The number of aliphatic hydroxyl groups excluding tert-OH is 1. The molecule has 0 radical (unpaired) electrons. The summed E-state index contributed by atoms with van der Waals surface area (Å²) < 4.78 is 40.6. The molecule has 6 N–H and O–H groups in total. The van der Waals surface area contributed by atoms with E-state index >= 15 is 0 Å². The quantitative estimate of drug-likeness (QED) is 0.0495. The van der Waals surface area contributed by atoms with Crippen LogP contribution in [0.15, 0.2) is 71.7 Å². The van der Waals surface area contributed by atoms with Crippen molar-refractivity contribution in [3.05, 3.63) is 93.3 Å². The third-order valence-corrected chi connectivity index (χ3v) is 17.1. The number of fused-ring (bicyclic) bond motifs is 1. The molecule has 388 valence electrons. The van der Waals surface area contributed by atoms with Gasteiger partial charge in [0, 0.05) is 66.9 Å².